The van der Waals surface area contributed by atoms with Crippen LogP contribution in [0.4, 0.5) is 5.69 Å². The molecule has 0 aliphatic rings. The van der Waals surface area contributed by atoms with E-state index in [4.69, 9.17) is 10.5 Å². The van der Waals surface area contributed by atoms with E-state index in [1.807, 2.05) is 0 Å². The Morgan fingerprint density at radius 3 is 2.72 bits per heavy atom. The predicted molar refractivity (Wildman–Crippen MR) is 74.8 cm³/mol. The fraction of sp³-hybridized carbons (Fsp3) is 0.538. The van der Waals surface area contributed by atoms with Gasteiger partial charge in [0.1, 0.15) is 5.03 Å². The number of aromatic nitrogens is 1. The Balaban J connectivity index is 2.99. The van der Waals surface area contributed by atoms with Crippen LogP contribution >= 0.6 is 11.8 Å². The summed E-state index contributed by atoms with van der Waals surface area (Å²) < 4.78 is 5.02. The van der Waals surface area contributed by atoms with Crippen molar-refractivity contribution in [1.82, 2.24) is 4.98 Å². The van der Waals surface area contributed by atoms with Crippen LogP contribution in [0.5, 0.6) is 0 Å². The first kappa shape index (κ1) is 14.8. The van der Waals surface area contributed by atoms with E-state index in [1.54, 1.807) is 30.9 Å². The van der Waals surface area contributed by atoms with E-state index in [2.05, 4.69) is 25.8 Å². The number of anilines is 1. The molecule has 1 rings (SSSR count). The number of nitrogen functional groups attached to an aromatic ring is 1. The summed E-state index contributed by atoms with van der Waals surface area (Å²) in [6, 6.07) is 1.63. The molecule has 100 valence electrons. The van der Waals surface area contributed by atoms with Gasteiger partial charge in [-0.25, -0.2) is 9.78 Å². The molecule has 1 aromatic rings. The molecule has 1 aromatic heterocycles. The molecule has 18 heavy (non-hydrogen) atoms. The van der Waals surface area contributed by atoms with Crippen molar-refractivity contribution in [3.05, 3.63) is 17.8 Å². The van der Waals surface area contributed by atoms with Crippen molar-refractivity contribution in [3.63, 3.8) is 0 Å². The van der Waals surface area contributed by atoms with Crippen LogP contribution in [0.3, 0.4) is 0 Å². The third-order valence-corrected chi connectivity index (χ3v) is 4.07. The Kier molecular flexibility index (Phi) is 5.47. The number of hydrogen-bond acceptors (Lipinski definition) is 5. The van der Waals surface area contributed by atoms with Gasteiger partial charge in [0.2, 0.25) is 0 Å². The van der Waals surface area contributed by atoms with Crippen LogP contribution in [0.1, 0.15) is 38.1 Å². The van der Waals surface area contributed by atoms with E-state index in [9.17, 15) is 4.79 Å². The fourth-order valence-corrected chi connectivity index (χ4v) is 2.24. The van der Waals surface area contributed by atoms with Crippen LogP contribution in [0.25, 0.3) is 0 Å². The number of pyridine rings is 1. The van der Waals surface area contributed by atoms with Crippen LogP contribution in [-0.4, -0.2) is 22.8 Å². The quantitative estimate of drug-likeness (QED) is 0.657. The number of hydrogen-bond donors (Lipinski definition) is 1. The maximum Gasteiger partial charge on any atom is 0.340 e. The topological polar surface area (TPSA) is 65.2 Å². The first-order valence-corrected chi connectivity index (χ1v) is 6.93. The molecule has 2 N–H and O–H groups in total. The summed E-state index contributed by atoms with van der Waals surface area (Å²) in [5, 5.41) is 1.05. The highest BCUT2D eigenvalue weighted by molar-refractivity contribution is 7.99. The molecule has 0 radical (unpaired) electrons. The molecular weight excluding hydrogens is 248 g/mol. The third-order valence-electron chi connectivity index (χ3n) is 2.60. The first-order chi connectivity index (χ1) is 8.45. The van der Waals surface area contributed by atoms with E-state index >= 15 is 0 Å². The lowest BCUT2D eigenvalue weighted by Gasteiger charge is -2.16. The number of nitrogens with zero attached hydrogens (tertiary/aromatic N) is 1. The van der Waals surface area contributed by atoms with Gasteiger partial charge in [-0.15, -0.1) is 11.8 Å². The van der Waals surface area contributed by atoms with E-state index in [-0.39, 0.29) is 5.97 Å². The van der Waals surface area contributed by atoms with Gasteiger partial charge in [-0.2, -0.15) is 0 Å². The standard InChI is InChI=1S/C13H20N2O2S/c1-5-17-13(16)11-6-10(14)7-15-12(11)18-9(4)8(2)3/h6-9H,5,14H2,1-4H3. The Labute approximate surface area is 112 Å². The molecule has 1 atom stereocenters. The first-order valence-electron chi connectivity index (χ1n) is 6.05. The van der Waals surface area contributed by atoms with Gasteiger partial charge in [0.05, 0.1) is 24.1 Å². The van der Waals surface area contributed by atoms with Crippen LogP contribution in [-0.2, 0) is 4.74 Å². The summed E-state index contributed by atoms with van der Waals surface area (Å²) in [6.45, 7) is 8.51. The molecule has 0 bridgehead atoms. The highest BCUT2D eigenvalue weighted by Gasteiger charge is 2.18. The summed E-state index contributed by atoms with van der Waals surface area (Å²) in [4.78, 5) is 16.1. The normalized spacial score (nSPS) is 12.5. The van der Waals surface area contributed by atoms with Crippen LogP contribution in [0, 0.1) is 5.92 Å². The van der Waals surface area contributed by atoms with Crippen molar-refractivity contribution < 1.29 is 9.53 Å². The van der Waals surface area contributed by atoms with Gasteiger partial charge >= 0.3 is 5.97 Å². The zero-order valence-electron chi connectivity index (χ0n) is 11.3. The number of carbonyl (C=O) groups is 1. The minimum Gasteiger partial charge on any atom is -0.462 e. The zero-order chi connectivity index (χ0) is 13.7. The second-order valence-electron chi connectivity index (χ2n) is 4.41. The van der Waals surface area contributed by atoms with Crippen LogP contribution in [0.2, 0.25) is 0 Å². The molecule has 0 aromatic carbocycles. The predicted octanol–water partition coefficient (Wildman–Crippen LogP) is 2.98. The third kappa shape index (κ3) is 3.91. The summed E-state index contributed by atoms with van der Waals surface area (Å²) in [7, 11) is 0. The number of thioether (sulfide) groups is 1. The van der Waals surface area contributed by atoms with E-state index in [0.717, 1.165) is 0 Å². The average Bonchev–Trinajstić information content (AvgIpc) is 2.31. The molecule has 0 amide bonds. The number of carbonyl (C=O) groups excluding carboxylic acids is 1. The lowest BCUT2D eigenvalue weighted by molar-refractivity contribution is 0.0521. The zero-order valence-corrected chi connectivity index (χ0v) is 12.1. The Morgan fingerprint density at radius 1 is 1.50 bits per heavy atom. The Hall–Kier alpha value is -1.23. The summed E-state index contributed by atoms with van der Waals surface area (Å²) >= 11 is 1.57. The second-order valence-corrected chi connectivity index (χ2v) is 5.77. The van der Waals surface area contributed by atoms with Gasteiger partial charge in [-0.05, 0) is 18.9 Å². The highest BCUT2D eigenvalue weighted by atomic mass is 32.2. The average molecular weight is 268 g/mol. The molecule has 1 heterocycles. The van der Waals surface area contributed by atoms with Gasteiger partial charge < -0.3 is 10.5 Å². The maximum absolute atomic E-state index is 11.8. The monoisotopic (exact) mass is 268 g/mol. The summed E-state index contributed by atoms with van der Waals surface area (Å²) in [5.74, 6) is 0.139. The van der Waals surface area contributed by atoms with Crippen molar-refractivity contribution in [2.45, 2.75) is 38.0 Å². The van der Waals surface area contributed by atoms with E-state index in [1.165, 1.54) is 0 Å². The van der Waals surface area contributed by atoms with Crippen LogP contribution in [0.15, 0.2) is 17.3 Å². The van der Waals surface area contributed by atoms with Crippen molar-refractivity contribution in [2.24, 2.45) is 5.92 Å². The molecule has 4 nitrogen and oxygen atoms in total. The van der Waals surface area contributed by atoms with Crippen LogP contribution < -0.4 is 5.73 Å². The van der Waals surface area contributed by atoms with Gasteiger partial charge in [0.25, 0.3) is 0 Å². The molecule has 0 aliphatic carbocycles. The number of nitrogens with two attached hydrogens (primary N) is 1. The molecule has 0 fully saturated rings. The maximum atomic E-state index is 11.8. The Morgan fingerprint density at radius 2 is 2.17 bits per heavy atom. The lowest BCUT2D eigenvalue weighted by atomic mass is 10.2. The molecule has 5 heteroatoms. The van der Waals surface area contributed by atoms with Crippen molar-refractivity contribution in [1.29, 1.82) is 0 Å². The number of esters is 1. The van der Waals surface area contributed by atoms with E-state index in [0.29, 0.717) is 34.1 Å². The molecule has 0 saturated heterocycles. The van der Waals surface area contributed by atoms with Gasteiger partial charge in [0, 0.05) is 5.25 Å². The van der Waals surface area contributed by atoms with Crippen molar-refractivity contribution in [2.75, 3.05) is 12.3 Å². The largest absolute Gasteiger partial charge is 0.462 e. The molecule has 0 saturated carbocycles. The summed E-state index contributed by atoms with van der Waals surface area (Å²) in [5.41, 5.74) is 6.60. The van der Waals surface area contributed by atoms with E-state index < -0.39 is 0 Å². The SMILES string of the molecule is CCOC(=O)c1cc(N)cnc1SC(C)C(C)C. The van der Waals surface area contributed by atoms with Crippen molar-refractivity contribution in [3.8, 4) is 0 Å². The van der Waals surface area contributed by atoms with Gasteiger partial charge in [0.15, 0.2) is 0 Å². The van der Waals surface area contributed by atoms with Gasteiger partial charge in [-0.1, -0.05) is 20.8 Å². The van der Waals surface area contributed by atoms with Gasteiger partial charge in [-0.3, -0.25) is 0 Å². The van der Waals surface area contributed by atoms with Crippen molar-refractivity contribution >= 4 is 23.4 Å². The highest BCUT2D eigenvalue weighted by Crippen LogP contribution is 2.30. The minimum atomic E-state index is -0.365. The molecule has 0 aliphatic heterocycles. The Bertz CT molecular complexity index is 421. The minimum absolute atomic E-state index is 0.345. The lowest BCUT2D eigenvalue weighted by Crippen LogP contribution is -2.11. The fourth-order valence-electron chi connectivity index (χ4n) is 1.23. The number of rotatable bonds is 5. The molecular formula is C13H20N2O2S. The molecule has 1 unspecified atom stereocenters. The second kappa shape index (κ2) is 6.64. The summed E-state index contributed by atoms with van der Waals surface area (Å²) in [6.07, 6.45) is 1.57. The smallest absolute Gasteiger partial charge is 0.340 e. The molecule has 0 spiro atoms. The number of ether oxygens (including phenoxy) is 1.